The molecule has 0 bridgehead atoms. The van der Waals surface area contributed by atoms with E-state index in [4.69, 9.17) is 18.6 Å². The normalized spacial score (nSPS) is 12.8. The van der Waals surface area contributed by atoms with Gasteiger partial charge in [0, 0.05) is 24.0 Å². The fraction of sp³-hybridized carbons (Fsp3) is 0.318. The summed E-state index contributed by atoms with van der Waals surface area (Å²) in [5.74, 6) is 2.65. The highest BCUT2D eigenvalue weighted by atomic mass is 16.6. The standard InChI is InChI=1S/C22H23NO5/c1-4-23(13-15-6-5-7-19-21(15)27-11-10-26-19)22(24)20-14(2)28-18-9-8-16(25-3)12-17(18)20/h5-9,12H,4,10-11,13H2,1-3H3. The Hall–Kier alpha value is -3.15. The molecule has 0 saturated carbocycles. The topological polar surface area (TPSA) is 61.1 Å². The highest BCUT2D eigenvalue weighted by Crippen LogP contribution is 2.35. The first-order chi connectivity index (χ1) is 13.6. The Morgan fingerprint density at radius 2 is 2.00 bits per heavy atom. The van der Waals surface area contributed by atoms with Crippen molar-refractivity contribution in [2.75, 3.05) is 26.9 Å². The minimum atomic E-state index is -0.0821. The third kappa shape index (κ3) is 3.15. The molecule has 0 fully saturated rings. The second kappa shape index (κ2) is 7.46. The zero-order valence-electron chi connectivity index (χ0n) is 16.3. The van der Waals surface area contributed by atoms with Crippen LogP contribution in [0, 0.1) is 6.92 Å². The number of benzene rings is 2. The molecule has 0 spiro atoms. The van der Waals surface area contributed by atoms with Gasteiger partial charge in [-0.3, -0.25) is 4.79 Å². The fourth-order valence-corrected chi connectivity index (χ4v) is 3.54. The maximum atomic E-state index is 13.4. The summed E-state index contributed by atoms with van der Waals surface area (Å²) in [4.78, 5) is 15.2. The van der Waals surface area contributed by atoms with E-state index < -0.39 is 0 Å². The Labute approximate surface area is 163 Å². The average Bonchev–Trinajstić information content (AvgIpc) is 3.06. The zero-order valence-corrected chi connectivity index (χ0v) is 16.3. The van der Waals surface area contributed by atoms with Gasteiger partial charge in [-0.2, -0.15) is 0 Å². The van der Waals surface area contributed by atoms with E-state index in [0.29, 0.717) is 49.0 Å². The van der Waals surface area contributed by atoms with Gasteiger partial charge in [-0.25, -0.2) is 0 Å². The van der Waals surface area contributed by atoms with Crippen molar-refractivity contribution in [3.63, 3.8) is 0 Å². The van der Waals surface area contributed by atoms with Crippen LogP contribution in [0.25, 0.3) is 11.0 Å². The molecule has 28 heavy (non-hydrogen) atoms. The molecule has 0 unspecified atom stereocenters. The highest BCUT2D eigenvalue weighted by molar-refractivity contribution is 6.07. The van der Waals surface area contributed by atoms with Crippen molar-refractivity contribution >= 4 is 16.9 Å². The number of carbonyl (C=O) groups is 1. The summed E-state index contributed by atoms with van der Waals surface area (Å²) in [6.45, 7) is 5.80. The first-order valence-corrected chi connectivity index (χ1v) is 9.36. The monoisotopic (exact) mass is 381 g/mol. The van der Waals surface area contributed by atoms with Crippen LogP contribution in [0.2, 0.25) is 0 Å². The summed E-state index contributed by atoms with van der Waals surface area (Å²) < 4.78 is 22.6. The number of amides is 1. The summed E-state index contributed by atoms with van der Waals surface area (Å²) in [6, 6.07) is 11.3. The molecule has 0 radical (unpaired) electrons. The van der Waals surface area contributed by atoms with Gasteiger partial charge in [0.15, 0.2) is 11.5 Å². The Morgan fingerprint density at radius 3 is 2.79 bits per heavy atom. The van der Waals surface area contributed by atoms with Gasteiger partial charge in [-0.05, 0) is 38.1 Å². The number of para-hydroxylation sites is 1. The van der Waals surface area contributed by atoms with Crippen molar-refractivity contribution in [1.82, 2.24) is 4.90 Å². The number of aryl methyl sites for hydroxylation is 1. The lowest BCUT2D eigenvalue weighted by Gasteiger charge is -2.25. The van der Waals surface area contributed by atoms with E-state index >= 15 is 0 Å². The van der Waals surface area contributed by atoms with Crippen molar-refractivity contribution in [1.29, 1.82) is 0 Å². The first kappa shape index (κ1) is 18.2. The van der Waals surface area contributed by atoms with Crippen LogP contribution in [0.15, 0.2) is 40.8 Å². The Morgan fingerprint density at radius 1 is 1.18 bits per heavy atom. The summed E-state index contributed by atoms with van der Waals surface area (Å²) in [7, 11) is 1.61. The number of hydrogen-bond donors (Lipinski definition) is 0. The second-order valence-electron chi connectivity index (χ2n) is 6.66. The van der Waals surface area contributed by atoms with Crippen molar-refractivity contribution < 1.29 is 23.4 Å². The van der Waals surface area contributed by atoms with E-state index in [2.05, 4.69) is 0 Å². The quantitative estimate of drug-likeness (QED) is 0.663. The van der Waals surface area contributed by atoms with Gasteiger partial charge in [0.2, 0.25) is 0 Å². The number of nitrogens with zero attached hydrogens (tertiary/aromatic N) is 1. The molecule has 4 rings (SSSR count). The lowest BCUT2D eigenvalue weighted by Crippen LogP contribution is -2.31. The van der Waals surface area contributed by atoms with Gasteiger partial charge in [0.25, 0.3) is 5.91 Å². The number of hydrogen-bond acceptors (Lipinski definition) is 5. The molecule has 1 aromatic heterocycles. The minimum Gasteiger partial charge on any atom is -0.497 e. The Balaban J connectivity index is 1.69. The summed E-state index contributed by atoms with van der Waals surface area (Å²) in [5, 5.41) is 0.759. The smallest absolute Gasteiger partial charge is 0.258 e. The van der Waals surface area contributed by atoms with Crippen molar-refractivity contribution in [2.24, 2.45) is 0 Å². The van der Waals surface area contributed by atoms with Crippen molar-refractivity contribution in [2.45, 2.75) is 20.4 Å². The average molecular weight is 381 g/mol. The molecule has 1 aliphatic rings. The predicted molar refractivity (Wildman–Crippen MR) is 105 cm³/mol. The molecule has 146 valence electrons. The van der Waals surface area contributed by atoms with Crippen molar-refractivity contribution in [3.8, 4) is 17.2 Å². The number of fused-ring (bicyclic) bond motifs is 2. The van der Waals surface area contributed by atoms with Gasteiger partial charge in [0.1, 0.15) is 30.3 Å². The molecule has 0 atom stereocenters. The van der Waals surface area contributed by atoms with Gasteiger partial charge in [-0.15, -0.1) is 0 Å². The van der Waals surface area contributed by atoms with E-state index in [0.717, 1.165) is 22.4 Å². The maximum Gasteiger partial charge on any atom is 0.258 e. The largest absolute Gasteiger partial charge is 0.497 e. The molecule has 2 aromatic carbocycles. The molecule has 1 amide bonds. The summed E-state index contributed by atoms with van der Waals surface area (Å²) in [5.41, 5.74) is 2.17. The molecule has 0 N–H and O–H groups in total. The van der Waals surface area contributed by atoms with Gasteiger partial charge in [0.05, 0.1) is 12.7 Å². The molecule has 2 heterocycles. The van der Waals surface area contributed by atoms with Crippen LogP contribution in [0.4, 0.5) is 0 Å². The molecular formula is C22H23NO5. The van der Waals surface area contributed by atoms with Crippen LogP contribution in [0.3, 0.4) is 0 Å². The van der Waals surface area contributed by atoms with E-state index in [1.54, 1.807) is 12.0 Å². The van der Waals surface area contributed by atoms with E-state index in [-0.39, 0.29) is 5.91 Å². The molecule has 3 aromatic rings. The third-order valence-corrected chi connectivity index (χ3v) is 4.96. The Bertz CT molecular complexity index is 1020. The van der Waals surface area contributed by atoms with Gasteiger partial charge < -0.3 is 23.5 Å². The van der Waals surface area contributed by atoms with Crippen LogP contribution in [0.1, 0.15) is 28.6 Å². The van der Waals surface area contributed by atoms with Crippen LogP contribution in [-0.4, -0.2) is 37.7 Å². The molecular weight excluding hydrogens is 358 g/mol. The summed E-state index contributed by atoms with van der Waals surface area (Å²) in [6.07, 6.45) is 0. The minimum absolute atomic E-state index is 0.0821. The number of furan rings is 1. The van der Waals surface area contributed by atoms with Gasteiger partial charge >= 0.3 is 0 Å². The van der Waals surface area contributed by atoms with Crippen LogP contribution < -0.4 is 14.2 Å². The first-order valence-electron chi connectivity index (χ1n) is 9.36. The third-order valence-electron chi connectivity index (χ3n) is 4.96. The predicted octanol–water partition coefficient (Wildman–Crippen LogP) is 4.18. The number of carbonyl (C=O) groups excluding carboxylic acids is 1. The highest BCUT2D eigenvalue weighted by Gasteiger charge is 2.25. The zero-order chi connectivity index (χ0) is 19.7. The lowest BCUT2D eigenvalue weighted by atomic mass is 10.1. The van der Waals surface area contributed by atoms with E-state index in [1.165, 1.54) is 0 Å². The van der Waals surface area contributed by atoms with Gasteiger partial charge in [-0.1, -0.05) is 12.1 Å². The number of ether oxygens (including phenoxy) is 3. The molecule has 6 nitrogen and oxygen atoms in total. The SMILES string of the molecule is CCN(Cc1cccc2c1OCCO2)C(=O)c1c(C)oc2ccc(OC)cc12. The van der Waals surface area contributed by atoms with Crippen LogP contribution in [-0.2, 0) is 6.54 Å². The summed E-state index contributed by atoms with van der Waals surface area (Å²) >= 11 is 0. The van der Waals surface area contributed by atoms with Crippen LogP contribution >= 0.6 is 0 Å². The lowest BCUT2D eigenvalue weighted by molar-refractivity contribution is 0.0749. The van der Waals surface area contributed by atoms with E-state index in [9.17, 15) is 4.79 Å². The molecule has 0 saturated heterocycles. The maximum absolute atomic E-state index is 13.4. The molecule has 1 aliphatic heterocycles. The second-order valence-corrected chi connectivity index (χ2v) is 6.66. The van der Waals surface area contributed by atoms with Crippen molar-refractivity contribution in [3.05, 3.63) is 53.3 Å². The Kier molecular flexibility index (Phi) is 4.86. The van der Waals surface area contributed by atoms with E-state index in [1.807, 2.05) is 50.2 Å². The number of methoxy groups -OCH3 is 1. The van der Waals surface area contributed by atoms with Crippen LogP contribution in [0.5, 0.6) is 17.2 Å². The number of rotatable bonds is 5. The fourth-order valence-electron chi connectivity index (χ4n) is 3.54. The molecule has 6 heteroatoms. The molecule has 0 aliphatic carbocycles.